The predicted molar refractivity (Wildman–Crippen MR) is 82.8 cm³/mol. The van der Waals surface area contributed by atoms with E-state index in [1.165, 1.54) is 18.2 Å². The highest BCUT2D eigenvalue weighted by molar-refractivity contribution is 6.31. The fourth-order valence-corrected chi connectivity index (χ4v) is 2.35. The Morgan fingerprint density at radius 1 is 1.14 bits per heavy atom. The average molecular weight is 320 g/mol. The first kappa shape index (κ1) is 14.3. The monoisotopic (exact) mass is 319 g/mol. The quantitative estimate of drug-likeness (QED) is 0.791. The summed E-state index contributed by atoms with van der Waals surface area (Å²) in [5, 5.41) is 7.84. The van der Waals surface area contributed by atoms with Crippen molar-refractivity contribution in [1.29, 1.82) is 0 Å². The first-order valence-corrected chi connectivity index (χ1v) is 6.85. The summed E-state index contributed by atoms with van der Waals surface area (Å²) in [5.41, 5.74) is 2.51. The van der Waals surface area contributed by atoms with Crippen LogP contribution in [0.1, 0.15) is 5.56 Å². The van der Waals surface area contributed by atoms with Gasteiger partial charge >= 0.3 is 6.03 Å². The van der Waals surface area contributed by atoms with Crippen LogP contribution in [-0.2, 0) is 11.2 Å². The summed E-state index contributed by atoms with van der Waals surface area (Å²) in [6.07, 6.45) is 0.292. The van der Waals surface area contributed by atoms with E-state index < -0.39 is 11.8 Å². The number of anilines is 3. The van der Waals surface area contributed by atoms with Gasteiger partial charge in [0.05, 0.1) is 11.4 Å². The molecule has 112 valence electrons. The second-order valence-electron chi connectivity index (χ2n) is 4.80. The fourth-order valence-electron chi connectivity index (χ4n) is 2.17. The van der Waals surface area contributed by atoms with Crippen LogP contribution in [0.15, 0.2) is 36.4 Å². The molecule has 3 amide bonds. The minimum atomic E-state index is -0.552. The van der Waals surface area contributed by atoms with Crippen molar-refractivity contribution in [2.75, 3.05) is 16.0 Å². The molecule has 5 nitrogen and oxygen atoms in total. The molecular weight excluding hydrogens is 309 g/mol. The molecule has 3 rings (SSSR count). The minimum absolute atomic E-state index is 0.0695. The summed E-state index contributed by atoms with van der Waals surface area (Å²) >= 11 is 5.65. The Morgan fingerprint density at radius 2 is 1.82 bits per heavy atom. The molecule has 1 aliphatic rings. The zero-order chi connectivity index (χ0) is 15.7. The zero-order valence-electron chi connectivity index (χ0n) is 11.2. The van der Waals surface area contributed by atoms with E-state index in [2.05, 4.69) is 16.0 Å². The highest BCUT2D eigenvalue weighted by Crippen LogP contribution is 2.26. The van der Waals surface area contributed by atoms with E-state index in [9.17, 15) is 14.0 Å². The Morgan fingerprint density at radius 3 is 2.55 bits per heavy atom. The molecule has 2 aromatic carbocycles. The Kier molecular flexibility index (Phi) is 3.68. The Hall–Kier alpha value is -2.60. The van der Waals surface area contributed by atoms with E-state index in [-0.39, 0.29) is 10.9 Å². The van der Waals surface area contributed by atoms with Crippen molar-refractivity contribution in [1.82, 2.24) is 0 Å². The van der Waals surface area contributed by atoms with Gasteiger partial charge in [0.25, 0.3) is 0 Å². The lowest BCUT2D eigenvalue weighted by atomic mass is 10.1. The molecule has 7 heteroatoms. The first-order valence-electron chi connectivity index (χ1n) is 6.47. The topological polar surface area (TPSA) is 70.2 Å². The van der Waals surface area contributed by atoms with Crippen molar-refractivity contribution in [3.8, 4) is 0 Å². The van der Waals surface area contributed by atoms with Crippen molar-refractivity contribution in [3.63, 3.8) is 0 Å². The number of hydrogen-bond donors (Lipinski definition) is 3. The summed E-state index contributed by atoms with van der Waals surface area (Å²) in [5.74, 6) is -0.624. The predicted octanol–water partition coefficient (Wildman–Crippen LogP) is 3.62. The van der Waals surface area contributed by atoms with Gasteiger partial charge in [-0.2, -0.15) is 0 Å². The number of rotatable bonds is 2. The third-order valence-electron chi connectivity index (χ3n) is 3.17. The number of benzene rings is 2. The number of halogens is 2. The Labute approximate surface area is 130 Å². The van der Waals surface area contributed by atoms with Crippen LogP contribution >= 0.6 is 11.6 Å². The van der Waals surface area contributed by atoms with E-state index in [1.807, 2.05) is 0 Å². The number of fused-ring (bicyclic) bond motifs is 1. The molecule has 0 bridgehead atoms. The van der Waals surface area contributed by atoms with E-state index >= 15 is 0 Å². The lowest BCUT2D eigenvalue weighted by molar-refractivity contribution is -0.115. The number of amides is 3. The minimum Gasteiger partial charge on any atom is -0.326 e. The van der Waals surface area contributed by atoms with Gasteiger partial charge in [-0.1, -0.05) is 11.6 Å². The van der Waals surface area contributed by atoms with Crippen LogP contribution in [-0.4, -0.2) is 11.9 Å². The molecule has 1 heterocycles. The van der Waals surface area contributed by atoms with E-state index in [0.29, 0.717) is 17.8 Å². The molecule has 0 aliphatic carbocycles. The van der Waals surface area contributed by atoms with Crippen molar-refractivity contribution in [3.05, 3.63) is 52.8 Å². The molecular formula is C15H11ClFN3O2. The first-order chi connectivity index (χ1) is 10.5. The molecule has 0 spiro atoms. The third kappa shape index (κ3) is 3.01. The van der Waals surface area contributed by atoms with Gasteiger partial charge in [-0.15, -0.1) is 0 Å². The molecule has 3 N–H and O–H groups in total. The molecule has 0 atom stereocenters. The van der Waals surface area contributed by atoms with Crippen LogP contribution in [0, 0.1) is 5.82 Å². The molecule has 2 aromatic rings. The normalized spacial score (nSPS) is 12.5. The maximum atomic E-state index is 13.0. The number of nitrogens with one attached hydrogen (secondary N) is 3. The number of urea groups is 1. The third-order valence-corrected chi connectivity index (χ3v) is 3.46. The maximum Gasteiger partial charge on any atom is 0.323 e. The summed E-state index contributed by atoms with van der Waals surface area (Å²) in [6, 6.07) is 8.55. The van der Waals surface area contributed by atoms with Crippen LogP contribution in [0.2, 0.25) is 5.02 Å². The highest BCUT2D eigenvalue weighted by atomic mass is 35.5. The molecule has 1 aliphatic heterocycles. The molecule has 0 fully saturated rings. The molecule has 0 saturated carbocycles. The molecule has 0 aromatic heterocycles. The molecule has 0 radical (unpaired) electrons. The van der Waals surface area contributed by atoms with Crippen molar-refractivity contribution in [2.45, 2.75) is 6.42 Å². The number of carbonyl (C=O) groups is 2. The molecule has 0 unspecified atom stereocenters. The van der Waals surface area contributed by atoms with Gasteiger partial charge < -0.3 is 16.0 Å². The largest absolute Gasteiger partial charge is 0.326 e. The summed E-state index contributed by atoms with van der Waals surface area (Å²) in [4.78, 5) is 23.2. The summed E-state index contributed by atoms with van der Waals surface area (Å²) in [6.45, 7) is 0. The number of hydrogen-bond acceptors (Lipinski definition) is 2. The maximum absolute atomic E-state index is 13.0. The molecule has 0 saturated heterocycles. The van der Waals surface area contributed by atoms with E-state index in [1.54, 1.807) is 18.2 Å². The smallest absolute Gasteiger partial charge is 0.323 e. The van der Waals surface area contributed by atoms with Gasteiger partial charge in [-0.3, -0.25) is 4.79 Å². The van der Waals surface area contributed by atoms with Crippen LogP contribution in [0.5, 0.6) is 0 Å². The van der Waals surface area contributed by atoms with Gasteiger partial charge in [-0.25, -0.2) is 9.18 Å². The Balaban J connectivity index is 1.68. The standard InChI is InChI=1S/C15H11ClFN3O2/c16-11-7-10(1-3-12(11)17)19-15(22)18-9-2-4-13-8(5-9)6-14(21)20-13/h1-5,7H,6H2,(H,20,21)(H2,18,19,22). The average Bonchev–Trinajstić information content (AvgIpc) is 2.82. The van der Waals surface area contributed by atoms with E-state index in [4.69, 9.17) is 11.6 Å². The van der Waals surface area contributed by atoms with Gasteiger partial charge in [0.1, 0.15) is 5.82 Å². The van der Waals surface area contributed by atoms with E-state index in [0.717, 1.165) is 11.3 Å². The van der Waals surface area contributed by atoms with Crippen LogP contribution in [0.3, 0.4) is 0 Å². The van der Waals surface area contributed by atoms with Crippen LogP contribution in [0.25, 0.3) is 0 Å². The second kappa shape index (κ2) is 5.65. The Bertz CT molecular complexity index is 779. The lowest BCUT2D eigenvalue weighted by Gasteiger charge is -2.09. The van der Waals surface area contributed by atoms with Crippen molar-refractivity contribution < 1.29 is 14.0 Å². The SMILES string of the molecule is O=C1Cc2cc(NC(=O)Nc3ccc(F)c(Cl)c3)ccc2N1. The van der Waals surface area contributed by atoms with Crippen LogP contribution in [0.4, 0.5) is 26.2 Å². The number of carbonyl (C=O) groups excluding carboxylic acids is 2. The van der Waals surface area contributed by atoms with Crippen molar-refractivity contribution in [2.24, 2.45) is 0 Å². The second-order valence-corrected chi connectivity index (χ2v) is 5.21. The summed E-state index contributed by atoms with van der Waals surface area (Å²) in [7, 11) is 0. The highest BCUT2D eigenvalue weighted by Gasteiger charge is 2.17. The van der Waals surface area contributed by atoms with Gasteiger partial charge in [0.15, 0.2) is 0 Å². The fraction of sp³-hybridized carbons (Fsp3) is 0.0667. The van der Waals surface area contributed by atoms with Gasteiger partial charge in [0.2, 0.25) is 5.91 Å². The van der Waals surface area contributed by atoms with Gasteiger partial charge in [0, 0.05) is 17.1 Å². The van der Waals surface area contributed by atoms with Gasteiger partial charge in [-0.05, 0) is 42.0 Å². The lowest BCUT2D eigenvalue weighted by Crippen LogP contribution is -2.19. The zero-order valence-corrected chi connectivity index (χ0v) is 12.0. The summed E-state index contributed by atoms with van der Waals surface area (Å²) < 4.78 is 13.0. The van der Waals surface area contributed by atoms with Crippen molar-refractivity contribution >= 4 is 40.6 Å². The molecule has 22 heavy (non-hydrogen) atoms. The van der Waals surface area contributed by atoms with Crippen LogP contribution < -0.4 is 16.0 Å².